The molecule has 1 heterocycles. The number of aryl methyl sites for hydroxylation is 1. The molecule has 5 heteroatoms. The average Bonchev–Trinajstić information content (AvgIpc) is 2.83. The second-order valence-electron chi connectivity index (χ2n) is 6.12. The van der Waals surface area contributed by atoms with Crippen LogP contribution in [-0.2, 0) is 16.8 Å². The second-order valence-corrected chi connectivity index (χ2v) is 6.12. The van der Waals surface area contributed by atoms with Gasteiger partial charge in [-0.3, -0.25) is 9.63 Å². The Hall–Kier alpha value is -1.88. The zero-order chi connectivity index (χ0) is 15.8. The van der Waals surface area contributed by atoms with Crippen LogP contribution in [0, 0.1) is 0 Å². The highest BCUT2D eigenvalue weighted by Crippen LogP contribution is 2.27. The number of imidazole rings is 1. The quantitative estimate of drug-likeness (QED) is 0.816. The molecule has 1 aromatic carbocycles. The Kier molecular flexibility index (Phi) is 4.05. The molecule has 0 aliphatic heterocycles. The molecule has 1 aromatic heterocycles. The van der Waals surface area contributed by atoms with Gasteiger partial charge in [0.15, 0.2) is 0 Å². The summed E-state index contributed by atoms with van der Waals surface area (Å²) in [5.41, 5.74) is 2.44. The van der Waals surface area contributed by atoms with E-state index in [2.05, 4.69) is 32.3 Å². The second kappa shape index (κ2) is 5.48. The van der Waals surface area contributed by atoms with E-state index in [1.165, 1.54) is 12.2 Å². The van der Waals surface area contributed by atoms with Gasteiger partial charge in [-0.1, -0.05) is 20.8 Å². The van der Waals surface area contributed by atoms with Crippen molar-refractivity contribution in [3.63, 3.8) is 0 Å². The Bertz CT molecular complexity index is 668. The van der Waals surface area contributed by atoms with Crippen LogP contribution in [0.4, 0.5) is 0 Å². The highest BCUT2D eigenvalue weighted by atomic mass is 16.7. The maximum atomic E-state index is 12.1. The van der Waals surface area contributed by atoms with E-state index in [4.69, 9.17) is 9.82 Å². The van der Waals surface area contributed by atoms with Crippen LogP contribution in [0.1, 0.15) is 43.9 Å². The Morgan fingerprint density at radius 2 is 2.05 bits per heavy atom. The van der Waals surface area contributed by atoms with Gasteiger partial charge in [0.1, 0.15) is 5.82 Å². The number of hydrogen-bond acceptors (Lipinski definition) is 3. The first-order chi connectivity index (χ1) is 9.79. The predicted octanol–water partition coefficient (Wildman–Crippen LogP) is 2.99. The summed E-state index contributed by atoms with van der Waals surface area (Å²) in [7, 11) is 3.07. The number of rotatable bonds is 3. The fourth-order valence-electron chi connectivity index (χ4n) is 2.42. The molecular formula is C16H23N3O2. The molecule has 0 fully saturated rings. The van der Waals surface area contributed by atoms with Gasteiger partial charge in [0.25, 0.3) is 5.91 Å². The lowest BCUT2D eigenvalue weighted by atomic mass is 9.96. The molecule has 2 rings (SSSR count). The van der Waals surface area contributed by atoms with E-state index in [9.17, 15) is 4.79 Å². The lowest BCUT2D eigenvalue weighted by molar-refractivity contribution is -0.0756. The Labute approximate surface area is 125 Å². The molecule has 0 atom stereocenters. The summed E-state index contributed by atoms with van der Waals surface area (Å²) in [6.07, 6.45) is 0. The number of amides is 1. The molecular weight excluding hydrogens is 266 g/mol. The van der Waals surface area contributed by atoms with Crippen LogP contribution in [0.3, 0.4) is 0 Å². The molecule has 0 unspecified atom stereocenters. The first-order valence-electron chi connectivity index (χ1n) is 7.12. The van der Waals surface area contributed by atoms with Gasteiger partial charge in [-0.25, -0.2) is 10.0 Å². The highest BCUT2D eigenvalue weighted by Gasteiger charge is 2.23. The standard InChI is InChI=1S/C16H23N3O2/c1-7-19-13-9-8-11(14(20)18(5)21-6)10-12(13)17-15(19)16(2,3)4/h8-10H,7H2,1-6H3. The molecule has 2 aromatic rings. The SMILES string of the molecule is CCn1c(C(C)(C)C)nc2cc(C(=O)N(C)OC)ccc21. The summed E-state index contributed by atoms with van der Waals surface area (Å²) >= 11 is 0. The average molecular weight is 289 g/mol. The fraction of sp³-hybridized carbons (Fsp3) is 0.500. The Morgan fingerprint density at radius 1 is 1.38 bits per heavy atom. The first kappa shape index (κ1) is 15.5. The van der Waals surface area contributed by atoms with Gasteiger partial charge in [-0.2, -0.15) is 0 Å². The van der Waals surface area contributed by atoms with E-state index in [-0.39, 0.29) is 11.3 Å². The van der Waals surface area contributed by atoms with Crippen molar-refractivity contribution in [1.29, 1.82) is 0 Å². The molecule has 0 aliphatic rings. The fourth-order valence-corrected chi connectivity index (χ4v) is 2.42. The Balaban J connectivity index is 2.57. The number of nitrogens with zero attached hydrogens (tertiary/aromatic N) is 3. The van der Waals surface area contributed by atoms with Gasteiger partial charge < -0.3 is 4.57 Å². The largest absolute Gasteiger partial charge is 0.328 e. The number of carbonyl (C=O) groups excluding carboxylic acids is 1. The summed E-state index contributed by atoms with van der Waals surface area (Å²) < 4.78 is 2.20. The van der Waals surface area contributed by atoms with Crippen molar-refractivity contribution in [2.45, 2.75) is 39.7 Å². The van der Waals surface area contributed by atoms with E-state index in [1.807, 2.05) is 18.2 Å². The van der Waals surface area contributed by atoms with E-state index in [1.54, 1.807) is 7.05 Å². The van der Waals surface area contributed by atoms with Gasteiger partial charge in [0.2, 0.25) is 0 Å². The van der Waals surface area contributed by atoms with Gasteiger partial charge in [0, 0.05) is 24.6 Å². The van der Waals surface area contributed by atoms with Gasteiger partial charge in [0.05, 0.1) is 18.1 Å². The van der Waals surface area contributed by atoms with E-state index >= 15 is 0 Å². The van der Waals surface area contributed by atoms with E-state index < -0.39 is 0 Å². The number of fused-ring (bicyclic) bond motifs is 1. The van der Waals surface area contributed by atoms with Crippen LogP contribution in [0.5, 0.6) is 0 Å². The molecule has 1 amide bonds. The van der Waals surface area contributed by atoms with Crippen LogP contribution >= 0.6 is 0 Å². The van der Waals surface area contributed by atoms with Gasteiger partial charge >= 0.3 is 0 Å². The minimum Gasteiger partial charge on any atom is -0.328 e. The van der Waals surface area contributed by atoms with E-state index in [0.717, 1.165) is 23.4 Å². The molecule has 5 nitrogen and oxygen atoms in total. The summed E-state index contributed by atoms with van der Waals surface area (Å²) in [6, 6.07) is 5.60. The molecule has 0 radical (unpaired) electrons. The predicted molar refractivity (Wildman–Crippen MR) is 83.2 cm³/mol. The molecule has 0 spiro atoms. The molecule has 0 aliphatic carbocycles. The first-order valence-corrected chi connectivity index (χ1v) is 7.12. The van der Waals surface area contributed by atoms with Gasteiger partial charge in [-0.15, -0.1) is 0 Å². The zero-order valence-corrected chi connectivity index (χ0v) is 13.6. The number of aromatic nitrogens is 2. The van der Waals surface area contributed by atoms with Crippen molar-refractivity contribution in [1.82, 2.24) is 14.6 Å². The third-order valence-corrected chi connectivity index (χ3v) is 3.54. The summed E-state index contributed by atoms with van der Waals surface area (Å²) in [4.78, 5) is 21.8. The maximum Gasteiger partial charge on any atom is 0.277 e. The van der Waals surface area contributed by atoms with Crippen LogP contribution < -0.4 is 0 Å². The molecule has 21 heavy (non-hydrogen) atoms. The lowest BCUT2D eigenvalue weighted by Crippen LogP contribution is -2.25. The highest BCUT2D eigenvalue weighted by molar-refractivity contribution is 5.96. The number of carbonyl (C=O) groups is 1. The van der Waals surface area contributed by atoms with Crippen molar-refractivity contribution in [3.8, 4) is 0 Å². The molecule has 0 bridgehead atoms. The van der Waals surface area contributed by atoms with Crippen molar-refractivity contribution < 1.29 is 9.63 Å². The smallest absolute Gasteiger partial charge is 0.277 e. The van der Waals surface area contributed by atoms with Crippen molar-refractivity contribution in [2.24, 2.45) is 0 Å². The monoisotopic (exact) mass is 289 g/mol. The van der Waals surface area contributed by atoms with Gasteiger partial charge in [-0.05, 0) is 25.1 Å². The molecule has 0 saturated heterocycles. The number of benzene rings is 1. The molecule has 0 saturated carbocycles. The lowest BCUT2D eigenvalue weighted by Gasteiger charge is -2.19. The summed E-state index contributed by atoms with van der Waals surface area (Å²) in [5.74, 6) is 0.854. The minimum absolute atomic E-state index is 0.0392. The third-order valence-electron chi connectivity index (χ3n) is 3.54. The Morgan fingerprint density at radius 3 is 2.57 bits per heavy atom. The van der Waals surface area contributed by atoms with Crippen LogP contribution in [0.25, 0.3) is 11.0 Å². The maximum absolute atomic E-state index is 12.1. The van der Waals surface area contributed by atoms with Crippen LogP contribution in [-0.4, -0.2) is 34.7 Å². The summed E-state index contributed by atoms with van der Waals surface area (Å²) in [6.45, 7) is 9.39. The minimum atomic E-state index is -0.178. The third kappa shape index (κ3) is 2.78. The van der Waals surface area contributed by atoms with E-state index in [0.29, 0.717) is 5.56 Å². The van der Waals surface area contributed by atoms with Crippen LogP contribution in [0.2, 0.25) is 0 Å². The van der Waals surface area contributed by atoms with Crippen molar-refractivity contribution in [2.75, 3.05) is 14.2 Å². The summed E-state index contributed by atoms with van der Waals surface area (Å²) in [5, 5.41) is 1.21. The normalized spacial score (nSPS) is 11.9. The number of hydrogen-bond donors (Lipinski definition) is 0. The van der Waals surface area contributed by atoms with Crippen molar-refractivity contribution >= 4 is 16.9 Å². The zero-order valence-electron chi connectivity index (χ0n) is 13.6. The molecule has 114 valence electrons. The van der Waals surface area contributed by atoms with Crippen molar-refractivity contribution in [3.05, 3.63) is 29.6 Å². The number of hydroxylamine groups is 2. The van der Waals surface area contributed by atoms with Crippen LogP contribution in [0.15, 0.2) is 18.2 Å². The topological polar surface area (TPSA) is 47.4 Å². The molecule has 0 N–H and O–H groups in total.